The zero-order valence-corrected chi connectivity index (χ0v) is 9.16. The van der Waals surface area contributed by atoms with E-state index in [1.165, 1.54) is 0 Å². The Balaban J connectivity index is 2.78. The van der Waals surface area contributed by atoms with Gasteiger partial charge in [0.25, 0.3) is 0 Å². The van der Waals surface area contributed by atoms with Crippen molar-refractivity contribution in [2.75, 3.05) is 7.05 Å². The maximum atomic E-state index is 5.39. The monoisotopic (exact) mass is 195 g/mol. The lowest BCUT2D eigenvalue weighted by Gasteiger charge is -2.09. The van der Waals surface area contributed by atoms with Crippen molar-refractivity contribution in [1.82, 2.24) is 15.3 Å². The van der Waals surface area contributed by atoms with Crippen molar-refractivity contribution in [2.24, 2.45) is 0 Å². The molecule has 0 bridgehead atoms. The van der Waals surface area contributed by atoms with Crippen LogP contribution in [0, 0.1) is 6.92 Å². The van der Waals surface area contributed by atoms with Gasteiger partial charge in [-0.25, -0.2) is 9.97 Å². The Morgan fingerprint density at radius 2 is 2.21 bits per heavy atom. The molecule has 4 heteroatoms. The fourth-order valence-electron chi connectivity index (χ4n) is 1.10. The van der Waals surface area contributed by atoms with Gasteiger partial charge in [-0.2, -0.15) is 0 Å². The van der Waals surface area contributed by atoms with Gasteiger partial charge in [-0.15, -0.1) is 0 Å². The quantitative estimate of drug-likeness (QED) is 0.786. The van der Waals surface area contributed by atoms with E-state index in [0.717, 1.165) is 17.8 Å². The second kappa shape index (κ2) is 4.91. The third-order valence-corrected chi connectivity index (χ3v) is 1.77. The molecule has 0 spiro atoms. The second-order valence-electron chi connectivity index (χ2n) is 3.46. The number of rotatable bonds is 4. The topological polar surface area (TPSA) is 47.0 Å². The molecule has 0 saturated carbocycles. The lowest BCUT2D eigenvalue weighted by atomic mass is 10.2. The van der Waals surface area contributed by atoms with Crippen LogP contribution in [0.4, 0.5) is 0 Å². The van der Waals surface area contributed by atoms with Crippen LogP contribution in [0.1, 0.15) is 25.1 Å². The Morgan fingerprint density at radius 1 is 1.50 bits per heavy atom. The summed E-state index contributed by atoms with van der Waals surface area (Å²) in [5.41, 5.74) is 2.06. The van der Waals surface area contributed by atoms with Gasteiger partial charge in [-0.05, 0) is 27.8 Å². The summed E-state index contributed by atoms with van der Waals surface area (Å²) in [4.78, 5) is 8.38. The molecule has 0 aliphatic carbocycles. The molecular weight excluding hydrogens is 178 g/mol. The van der Waals surface area contributed by atoms with Crippen molar-refractivity contribution in [2.45, 2.75) is 33.4 Å². The first-order chi connectivity index (χ1) is 6.63. The normalized spacial score (nSPS) is 10.6. The van der Waals surface area contributed by atoms with Gasteiger partial charge >= 0.3 is 6.01 Å². The molecule has 0 amide bonds. The number of hydrogen-bond acceptors (Lipinski definition) is 4. The molecule has 1 aromatic rings. The molecule has 0 saturated heterocycles. The SMILES string of the molecule is CNCc1cnc(OC(C)C)nc1C. The van der Waals surface area contributed by atoms with Gasteiger partial charge in [-0.3, -0.25) is 0 Å². The molecule has 0 radical (unpaired) electrons. The van der Waals surface area contributed by atoms with E-state index in [1.807, 2.05) is 27.8 Å². The van der Waals surface area contributed by atoms with Gasteiger partial charge in [0.15, 0.2) is 0 Å². The summed E-state index contributed by atoms with van der Waals surface area (Å²) >= 11 is 0. The van der Waals surface area contributed by atoms with E-state index in [1.54, 1.807) is 6.20 Å². The molecule has 0 fully saturated rings. The summed E-state index contributed by atoms with van der Waals surface area (Å²) in [7, 11) is 1.90. The Morgan fingerprint density at radius 3 is 2.71 bits per heavy atom. The van der Waals surface area contributed by atoms with Crippen LogP contribution in [0.2, 0.25) is 0 Å². The first kappa shape index (κ1) is 10.9. The molecule has 0 atom stereocenters. The lowest BCUT2D eigenvalue weighted by molar-refractivity contribution is 0.221. The number of nitrogens with zero attached hydrogens (tertiary/aromatic N) is 2. The average molecular weight is 195 g/mol. The summed E-state index contributed by atoms with van der Waals surface area (Å²) in [6.07, 6.45) is 1.92. The van der Waals surface area contributed by atoms with E-state index in [0.29, 0.717) is 6.01 Å². The van der Waals surface area contributed by atoms with Crippen molar-refractivity contribution in [3.05, 3.63) is 17.5 Å². The van der Waals surface area contributed by atoms with Crippen LogP contribution in [-0.4, -0.2) is 23.1 Å². The Hall–Kier alpha value is -1.16. The molecular formula is C10H17N3O. The van der Waals surface area contributed by atoms with Gasteiger partial charge in [0.2, 0.25) is 0 Å². The highest BCUT2D eigenvalue weighted by Crippen LogP contribution is 2.09. The average Bonchev–Trinajstić information content (AvgIpc) is 2.09. The molecule has 1 N–H and O–H groups in total. The predicted molar refractivity (Wildman–Crippen MR) is 55.3 cm³/mol. The third kappa shape index (κ3) is 2.96. The van der Waals surface area contributed by atoms with Crippen molar-refractivity contribution >= 4 is 0 Å². The standard InChI is InChI=1S/C10H17N3O/c1-7(2)14-10-12-6-9(5-11-4)8(3)13-10/h6-7,11H,5H2,1-4H3. The zero-order valence-electron chi connectivity index (χ0n) is 9.16. The molecule has 0 unspecified atom stereocenters. The van der Waals surface area contributed by atoms with Crippen LogP contribution in [0.5, 0.6) is 6.01 Å². The van der Waals surface area contributed by atoms with Crippen molar-refractivity contribution in [1.29, 1.82) is 0 Å². The van der Waals surface area contributed by atoms with E-state index < -0.39 is 0 Å². The van der Waals surface area contributed by atoms with Crippen LogP contribution < -0.4 is 10.1 Å². The molecule has 0 aliphatic heterocycles. The van der Waals surface area contributed by atoms with Crippen molar-refractivity contribution in [3.8, 4) is 6.01 Å². The third-order valence-electron chi connectivity index (χ3n) is 1.77. The zero-order chi connectivity index (χ0) is 10.6. The van der Waals surface area contributed by atoms with Crippen LogP contribution in [0.3, 0.4) is 0 Å². The summed E-state index contributed by atoms with van der Waals surface area (Å²) in [6, 6.07) is 0.456. The Bertz CT molecular complexity index is 299. The van der Waals surface area contributed by atoms with Crippen LogP contribution in [0.25, 0.3) is 0 Å². The van der Waals surface area contributed by atoms with E-state index in [2.05, 4.69) is 15.3 Å². The molecule has 0 aromatic carbocycles. The Kier molecular flexibility index (Phi) is 3.83. The van der Waals surface area contributed by atoms with E-state index in [-0.39, 0.29) is 6.10 Å². The smallest absolute Gasteiger partial charge is 0.316 e. The molecule has 4 nitrogen and oxygen atoms in total. The summed E-state index contributed by atoms with van der Waals surface area (Å²) < 4.78 is 5.39. The number of nitrogens with one attached hydrogen (secondary N) is 1. The lowest BCUT2D eigenvalue weighted by Crippen LogP contribution is -2.12. The van der Waals surface area contributed by atoms with Gasteiger partial charge < -0.3 is 10.1 Å². The summed E-state index contributed by atoms with van der Waals surface area (Å²) in [5.74, 6) is 0. The van der Waals surface area contributed by atoms with Crippen LogP contribution in [0.15, 0.2) is 6.20 Å². The highest BCUT2D eigenvalue weighted by atomic mass is 16.5. The maximum Gasteiger partial charge on any atom is 0.316 e. The maximum absolute atomic E-state index is 5.39. The van der Waals surface area contributed by atoms with E-state index >= 15 is 0 Å². The number of ether oxygens (including phenoxy) is 1. The summed E-state index contributed by atoms with van der Waals surface area (Å²) in [6.45, 7) is 6.66. The van der Waals surface area contributed by atoms with Crippen LogP contribution >= 0.6 is 0 Å². The number of aryl methyl sites for hydroxylation is 1. The summed E-state index contributed by atoms with van der Waals surface area (Å²) in [5, 5.41) is 3.06. The predicted octanol–water partition coefficient (Wildman–Crippen LogP) is 1.29. The molecule has 1 aromatic heterocycles. The molecule has 14 heavy (non-hydrogen) atoms. The molecule has 78 valence electrons. The first-order valence-electron chi connectivity index (χ1n) is 4.77. The first-order valence-corrected chi connectivity index (χ1v) is 4.77. The largest absolute Gasteiger partial charge is 0.461 e. The fraction of sp³-hybridized carbons (Fsp3) is 0.600. The number of aromatic nitrogens is 2. The fourth-order valence-corrected chi connectivity index (χ4v) is 1.10. The Labute approximate surface area is 84.7 Å². The highest BCUT2D eigenvalue weighted by Gasteiger charge is 2.04. The minimum atomic E-state index is 0.115. The molecule has 0 aliphatic rings. The molecule has 1 rings (SSSR count). The van der Waals surface area contributed by atoms with E-state index in [9.17, 15) is 0 Å². The minimum Gasteiger partial charge on any atom is -0.461 e. The van der Waals surface area contributed by atoms with E-state index in [4.69, 9.17) is 4.74 Å². The van der Waals surface area contributed by atoms with Gasteiger partial charge in [0.05, 0.1) is 6.10 Å². The minimum absolute atomic E-state index is 0.115. The van der Waals surface area contributed by atoms with Crippen molar-refractivity contribution in [3.63, 3.8) is 0 Å². The van der Waals surface area contributed by atoms with Gasteiger partial charge in [0, 0.05) is 24.0 Å². The second-order valence-corrected chi connectivity index (χ2v) is 3.46. The van der Waals surface area contributed by atoms with Gasteiger partial charge in [-0.1, -0.05) is 0 Å². The van der Waals surface area contributed by atoms with Crippen LogP contribution in [-0.2, 0) is 6.54 Å². The number of hydrogen-bond donors (Lipinski definition) is 1. The molecule has 1 heterocycles. The van der Waals surface area contributed by atoms with Gasteiger partial charge in [0.1, 0.15) is 0 Å². The van der Waals surface area contributed by atoms with Crippen molar-refractivity contribution < 1.29 is 4.74 Å². The highest BCUT2D eigenvalue weighted by molar-refractivity contribution is 5.17.